The van der Waals surface area contributed by atoms with Gasteiger partial charge in [-0.1, -0.05) is 18.2 Å². The molecule has 1 heterocycles. The van der Waals surface area contributed by atoms with Gasteiger partial charge in [0.1, 0.15) is 18.2 Å². The van der Waals surface area contributed by atoms with E-state index < -0.39 is 17.9 Å². The lowest BCUT2D eigenvalue weighted by Gasteiger charge is -2.24. The monoisotopic (exact) mass is 274 g/mol. The van der Waals surface area contributed by atoms with Gasteiger partial charge in [0.05, 0.1) is 0 Å². The van der Waals surface area contributed by atoms with E-state index in [2.05, 4.69) is 0 Å². The summed E-state index contributed by atoms with van der Waals surface area (Å²) in [5.74, 6) is 0.117. The van der Waals surface area contributed by atoms with Crippen LogP contribution in [0.2, 0.25) is 0 Å². The first-order valence-corrected chi connectivity index (χ1v) is 6.08. The molecule has 3 rings (SSSR count). The largest absolute Gasteiger partial charge is 0.485 e. The molecule has 2 aromatic rings. The molecule has 20 heavy (non-hydrogen) atoms. The Labute approximate surface area is 114 Å². The number of rotatable bonds is 2. The molecule has 102 valence electrons. The summed E-state index contributed by atoms with van der Waals surface area (Å²) in [4.78, 5) is 11.9. The van der Waals surface area contributed by atoms with Gasteiger partial charge >= 0.3 is 5.97 Å². The van der Waals surface area contributed by atoms with Gasteiger partial charge in [-0.15, -0.1) is 0 Å². The van der Waals surface area contributed by atoms with E-state index in [4.69, 9.17) is 14.2 Å². The van der Waals surface area contributed by atoms with Crippen LogP contribution < -0.4 is 14.2 Å². The number of esters is 1. The van der Waals surface area contributed by atoms with Crippen molar-refractivity contribution >= 4 is 5.97 Å². The van der Waals surface area contributed by atoms with Crippen LogP contribution in [0.15, 0.2) is 48.5 Å². The van der Waals surface area contributed by atoms with Crippen LogP contribution in [0.4, 0.5) is 4.39 Å². The van der Waals surface area contributed by atoms with Gasteiger partial charge in [0.25, 0.3) is 0 Å². The summed E-state index contributed by atoms with van der Waals surface area (Å²) in [5, 5.41) is 0. The Bertz CT molecular complexity index is 641. The van der Waals surface area contributed by atoms with Gasteiger partial charge in [-0.3, -0.25) is 0 Å². The molecule has 0 aliphatic carbocycles. The van der Waals surface area contributed by atoms with Gasteiger partial charge in [-0.05, 0) is 24.3 Å². The van der Waals surface area contributed by atoms with Crippen LogP contribution in [-0.4, -0.2) is 18.7 Å². The predicted octanol–water partition coefficient (Wildman–Crippen LogP) is 2.57. The van der Waals surface area contributed by atoms with E-state index >= 15 is 0 Å². The Kier molecular flexibility index (Phi) is 3.25. The molecule has 2 aromatic carbocycles. The topological polar surface area (TPSA) is 44.8 Å². The van der Waals surface area contributed by atoms with Gasteiger partial charge in [-0.2, -0.15) is 0 Å². The molecule has 1 atom stereocenters. The van der Waals surface area contributed by atoms with Crippen molar-refractivity contribution in [2.24, 2.45) is 0 Å². The van der Waals surface area contributed by atoms with Gasteiger partial charge in [0, 0.05) is 6.07 Å². The van der Waals surface area contributed by atoms with Crippen molar-refractivity contribution in [3.63, 3.8) is 0 Å². The molecular weight excluding hydrogens is 263 g/mol. The smallest absolute Gasteiger partial charge is 0.356 e. The minimum Gasteiger partial charge on any atom is -0.485 e. The lowest BCUT2D eigenvalue weighted by molar-refractivity contribution is -0.144. The summed E-state index contributed by atoms with van der Waals surface area (Å²) in [7, 11) is 0. The Hall–Kier alpha value is -2.56. The van der Waals surface area contributed by atoms with Crippen LogP contribution >= 0.6 is 0 Å². The summed E-state index contributed by atoms with van der Waals surface area (Å²) in [6, 6.07) is 12.4. The minimum absolute atomic E-state index is 0.0607. The molecule has 5 heteroatoms. The number of fused-ring (bicyclic) bond motifs is 1. The summed E-state index contributed by atoms with van der Waals surface area (Å²) in [5.41, 5.74) is 0. The Balaban J connectivity index is 1.70. The highest BCUT2D eigenvalue weighted by Gasteiger charge is 2.29. The first-order valence-electron chi connectivity index (χ1n) is 6.08. The number of para-hydroxylation sites is 2. The Morgan fingerprint density at radius 3 is 2.75 bits per heavy atom. The number of carbonyl (C=O) groups is 1. The van der Waals surface area contributed by atoms with Crippen LogP contribution in [0.3, 0.4) is 0 Å². The fraction of sp³-hybridized carbons (Fsp3) is 0.133. The molecule has 0 N–H and O–H groups in total. The van der Waals surface area contributed by atoms with Crippen LogP contribution in [0.25, 0.3) is 0 Å². The molecule has 0 aromatic heterocycles. The van der Waals surface area contributed by atoms with E-state index in [-0.39, 0.29) is 12.4 Å². The number of halogens is 1. The summed E-state index contributed by atoms with van der Waals surface area (Å²) >= 11 is 0. The second kappa shape index (κ2) is 5.21. The molecule has 0 radical (unpaired) electrons. The number of carbonyl (C=O) groups excluding carboxylic acids is 1. The number of benzene rings is 2. The molecule has 0 saturated carbocycles. The minimum atomic E-state index is -0.867. The van der Waals surface area contributed by atoms with Crippen LogP contribution in [-0.2, 0) is 4.79 Å². The van der Waals surface area contributed by atoms with Crippen LogP contribution in [0.5, 0.6) is 17.2 Å². The molecule has 1 aliphatic rings. The molecule has 0 unspecified atom stereocenters. The molecule has 0 saturated heterocycles. The average molecular weight is 274 g/mol. The quantitative estimate of drug-likeness (QED) is 0.623. The third-order valence-electron chi connectivity index (χ3n) is 2.79. The SMILES string of the molecule is O=C(Oc1cccc(F)c1)[C@@H]1COc2ccccc2O1. The summed E-state index contributed by atoms with van der Waals surface area (Å²) in [6.07, 6.45) is -0.867. The third kappa shape index (κ3) is 2.56. The summed E-state index contributed by atoms with van der Waals surface area (Å²) < 4.78 is 29.0. The standard InChI is InChI=1S/C15H11FO4/c16-10-4-3-5-11(8-10)19-15(17)14-9-18-12-6-1-2-7-13(12)20-14/h1-8,14H,9H2/t14-/m0/s1. The van der Waals surface area contributed by atoms with Crippen molar-refractivity contribution < 1.29 is 23.4 Å². The molecule has 4 nitrogen and oxygen atoms in total. The lowest BCUT2D eigenvalue weighted by Crippen LogP contribution is -2.39. The first kappa shape index (κ1) is 12.5. The molecule has 1 aliphatic heterocycles. The van der Waals surface area contributed by atoms with Crippen molar-refractivity contribution in [1.82, 2.24) is 0 Å². The highest BCUT2D eigenvalue weighted by atomic mass is 19.1. The zero-order valence-corrected chi connectivity index (χ0v) is 10.4. The maximum absolute atomic E-state index is 13.0. The van der Waals surface area contributed by atoms with Crippen molar-refractivity contribution in [2.45, 2.75) is 6.10 Å². The van der Waals surface area contributed by atoms with E-state index in [1.54, 1.807) is 18.2 Å². The third-order valence-corrected chi connectivity index (χ3v) is 2.79. The average Bonchev–Trinajstić information content (AvgIpc) is 2.47. The van der Waals surface area contributed by atoms with Crippen molar-refractivity contribution in [1.29, 1.82) is 0 Å². The molecule has 0 amide bonds. The molecule has 0 spiro atoms. The van der Waals surface area contributed by atoms with Gasteiger partial charge in [0.2, 0.25) is 6.10 Å². The number of hydrogen-bond donors (Lipinski definition) is 0. The van der Waals surface area contributed by atoms with Crippen LogP contribution in [0, 0.1) is 5.82 Å². The van der Waals surface area contributed by atoms with E-state index in [0.717, 1.165) is 6.07 Å². The molecule has 0 fully saturated rings. The highest BCUT2D eigenvalue weighted by Crippen LogP contribution is 2.31. The van der Waals surface area contributed by atoms with Crippen molar-refractivity contribution in [3.05, 3.63) is 54.3 Å². The van der Waals surface area contributed by atoms with E-state index in [0.29, 0.717) is 11.5 Å². The normalized spacial score (nSPS) is 16.6. The molecular formula is C15H11FO4. The second-order valence-electron chi connectivity index (χ2n) is 4.24. The summed E-state index contributed by atoms with van der Waals surface area (Å²) in [6.45, 7) is 0.0607. The maximum atomic E-state index is 13.0. The Morgan fingerprint density at radius 1 is 1.15 bits per heavy atom. The fourth-order valence-corrected chi connectivity index (χ4v) is 1.85. The van der Waals surface area contributed by atoms with E-state index in [1.165, 1.54) is 18.2 Å². The van der Waals surface area contributed by atoms with Gasteiger partial charge in [0.15, 0.2) is 11.5 Å². The van der Waals surface area contributed by atoms with Crippen molar-refractivity contribution in [3.8, 4) is 17.2 Å². The van der Waals surface area contributed by atoms with Gasteiger partial charge < -0.3 is 14.2 Å². The predicted molar refractivity (Wildman–Crippen MR) is 68.4 cm³/mol. The van der Waals surface area contributed by atoms with Gasteiger partial charge in [-0.25, -0.2) is 9.18 Å². The maximum Gasteiger partial charge on any atom is 0.356 e. The van der Waals surface area contributed by atoms with E-state index in [9.17, 15) is 9.18 Å². The second-order valence-corrected chi connectivity index (χ2v) is 4.24. The van der Waals surface area contributed by atoms with E-state index in [1.807, 2.05) is 6.07 Å². The zero-order valence-electron chi connectivity index (χ0n) is 10.4. The fourth-order valence-electron chi connectivity index (χ4n) is 1.85. The van der Waals surface area contributed by atoms with Crippen LogP contribution in [0.1, 0.15) is 0 Å². The highest BCUT2D eigenvalue weighted by molar-refractivity contribution is 5.78. The number of ether oxygens (including phenoxy) is 3. The lowest BCUT2D eigenvalue weighted by atomic mass is 10.2. The number of hydrogen-bond acceptors (Lipinski definition) is 4. The first-order chi connectivity index (χ1) is 9.72. The zero-order chi connectivity index (χ0) is 13.9. The van der Waals surface area contributed by atoms with Crippen molar-refractivity contribution in [2.75, 3.05) is 6.61 Å². The molecule has 0 bridgehead atoms. The Morgan fingerprint density at radius 2 is 1.95 bits per heavy atom.